The molecule has 0 fully saturated rings. The monoisotopic (exact) mass is 314 g/mol. The molecule has 20 heavy (non-hydrogen) atoms. The second-order valence-corrected chi connectivity index (χ2v) is 5.37. The number of aromatic nitrogens is 1. The number of likely N-dealkylation sites (N-methyl/N-ethyl adjacent to an activating group) is 1. The number of halogens is 4. The Kier molecular flexibility index (Phi) is 6.84. The lowest BCUT2D eigenvalue weighted by atomic mass is 10.1. The first-order valence-corrected chi connectivity index (χ1v) is 7.13. The molecule has 1 rings (SSSR count). The van der Waals surface area contributed by atoms with E-state index in [0.29, 0.717) is 5.01 Å². The summed E-state index contributed by atoms with van der Waals surface area (Å²) in [7, 11) is 0. The normalized spacial score (nSPS) is 13.9. The van der Waals surface area contributed by atoms with Gasteiger partial charge in [-0.2, -0.15) is 8.78 Å². The Morgan fingerprint density at radius 3 is 2.75 bits per heavy atom. The zero-order valence-corrected chi connectivity index (χ0v) is 12.2. The van der Waals surface area contributed by atoms with Crippen molar-refractivity contribution in [2.45, 2.75) is 38.7 Å². The van der Waals surface area contributed by atoms with Gasteiger partial charge in [0, 0.05) is 17.8 Å². The van der Waals surface area contributed by atoms with Gasteiger partial charge in [0.05, 0.1) is 12.3 Å². The minimum atomic E-state index is -4.11. The summed E-state index contributed by atoms with van der Waals surface area (Å²) in [6.45, 7) is 4.13. The second kappa shape index (κ2) is 7.90. The van der Waals surface area contributed by atoms with Crippen LogP contribution in [-0.4, -0.2) is 37.0 Å². The Hall–Kier alpha value is -0.730. The van der Waals surface area contributed by atoms with Gasteiger partial charge in [0.2, 0.25) is 0 Å². The van der Waals surface area contributed by atoms with Gasteiger partial charge in [0.15, 0.2) is 0 Å². The predicted molar refractivity (Wildman–Crippen MR) is 69.7 cm³/mol. The van der Waals surface area contributed by atoms with Crippen LogP contribution in [0.5, 0.6) is 0 Å². The fourth-order valence-corrected chi connectivity index (χ4v) is 2.27. The van der Waals surface area contributed by atoms with Crippen molar-refractivity contribution in [3.63, 3.8) is 0 Å². The maximum atomic E-state index is 12.6. The van der Waals surface area contributed by atoms with Crippen molar-refractivity contribution in [1.82, 2.24) is 10.3 Å². The molecule has 0 bridgehead atoms. The first-order valence-electron chi connectivity index (χ1n) is 6.25. The number of alkyl halides is 4. The number of hydrogen-bond acceptors (Lipinski definition) is 4. The van der Waals surface area contributed by atoms with Crippen LogP contribution < -0.4 is 5.32 Å². The van der Waals surface area contributed by atoms with Crippen LogP contribution >= 0.6 is 11.3 Å². The first-order chi connectivity index (χ1) is 9.36. The van der Waals surface area contributed by atoms with Gasteiger partial charge < -0.3 is 10.1 Å². The molecule has 0 radical (unpaired) electrons. The van der Waals surface area contributed by atoms with Gasteiger partial charge in [-0.25, -0.2) is 13.8 Å². The minimum Gasteiger partial charge on any atom is -0.368 e. The third-order valence-corrected chi connectivity index (χ3v) is 3.45. The number of nitrogens with zero attached hydrogens (tertiary/aromatic N) is 1. The van der Waals surface area contributed by atoms with E-state index in [2.05, 4.69) is 15.0 Å². The van der Waals surface area contributed by atoms with Gasteiger partial charge in [0.1, 0.15) is 11.6 Å². The Balaban J connectivity index is 2.41. The molecular formula is C12H18F4N2OS. The number of rotatable bonds is 9. The van der Waals surface area contributed by atoms with Crippen LogP contribution in [0.3, 0.4) is 0 Å². The minimum absolute atomic E-state index is 0.180. The van der Waals surface area contributed by atoms with Gasteiger partial charge >= 0.3 is 12.3 Å². The van der Waals surface area contributed by atoms with Crippen molar-refractivity contribution < 1.29 is 22.3 Å². The summed E-state index contributed by atoms with van der Waals surface area (Å²) < 4.78 is 53.7. The molecule has 1 aromatic rings. The van der Waals surface area contributed by atoms with Gasteiger partial charge in [-0.05, 0) is 6.54 Å². The van der Waals surface area contributed by atoms with Gasteiger partial charge in [-0.3, -0.25) is 0 Å². The fourth-order valence-electron chi connectivity index (χ4n) is 1.42. The lowest BCUT2D eigenvalue weighted by Crippen LogP contribution is -2.32. The van der Waals surface area contributed by atoms with Gasteiger partial charge in [-0.1, -0.05) is 13.8 Å². The van der Waals surface area contributed by atoms with Crippen LogP contribution in [0, 0.1) is 0 Å². The predicted octanol–water partition coefficient (Wildman–Crippen LogP) is 3.27. The standard InChI is InChI=1S/C12H18F4N2OS/c1-3-17-4-8(2)9-6-20-10(18-9)5-19-7-12(15,16)11(13)14/h6,8,11,17H,3-5,7H2,1-2H3. The molecule has 116 valence electrons. The molecule has 1 heterocycles. The Morgan fingerprint density at radius 1 is 1.45 bits per heavy atom. The number of hydrogen-bond donors (Lipinski definition) is 1. The average Bonchev–Trinajstić information content (AvgIpc) is 2.84. The number of nitrogens with one attached hydrogen (secondary N) is 1. The summed E-state index contributed by atoms with van der Waals surface area (Å²) in [5.41, 5.74) is 0.843. The first kappa shape index (κ1) is 17.3. The van der Waals surface area contributed by atoms with E-state index in [4.69, 9.17) is 0 Å². The topological polar surface area (TPSA) is 34.1 Å². The largest absolute Gasteiger partial charge is 0.368 e. The Morgan fingerprint density at radius 2 is 2.15 bits per heavy atom. The molecule has 0 aliphatic rings. The molecule has 0 saturated heterocycles. The van der Waals surface area contributed by atoms with Gasteiger partial charge in [0.25, 0.3) is 0 Å². The van der Waals surface area contributed by atoms with E-state index in [9.17, 15) is 17.6 Å². The molecule has 0 spiro atoms. The highest BCUT2D eigenvalue weighted by atomic mass is 32.1. The molecule has 8 heteroatoms. The third kappa shape index (κ3) is 5.34. The fraction of sp³-hybridized carbons (Fsp3) is 0.750. The molecule has 0 aliphatic heterocycles. The molecular weight excluding hydrogens is 296 g/mol. The highest BCUT2D eigenvalue weighted by molar-refractivity contribution is 7.09. The van der Waals surface area contributed by atoms with E-state index in [0.717, 1.165) is 18.8 Å². The summed E-state index contributed by atoms with van der Waals surface area (Å²) in [4.78, 5) is 4.25. The van der Waals surface area contributed by atoms with Crippen molar-refractivity contribution >= 4 is 11.3 Å². The highest BCUT2D eigenvalue weighted by Gasteiger charge is 2.40. The number of ether oxygens (including phenoxy) is 1. The Labute approximate surface area is 119 Å². The van der Waals surface area contributed by atoms with Crippen LogP contribution in [0.25, 0.3) is 0 Å². The molecule has 0 amide bonds. The maximum Gasteiger partial charge on any atom is 0.330 e. The lowest BCUT2D eigenvalue weighted by molar-refractivity contribution is -0.168. The van der Waals surface area contributed by atoms with Crippen LogP contribution in [0.1, 0.15) is 30.5 Å². The smallest absolute Gasteiger partial charge is 0.330 e. The zero-order chi connectivity index (χ0) is 15.2. The van der Waals surface area contributed by atoms with Crippen LogP contribution in [-0.2, 0) is 11.3 Å². The SMILES string of the molecule is CCNCC(C)c1csc(COCC(F)(F)C(F)F)n1. The van der Waals surface area contributed by atoms with Crippen molar-refractivity contribution in [3.8, 4) is 0 Å². The van der Waals surface area contributed by atoms with Crippen LogP contribution in [0.4, 0.5) is 17.6 Å². The second-order valence-electron chi connectivity index (χ2n) is 4.43. The van der Waals surface area contributed by atoms with E-state index in [1.165, 1.54) is 11.3 Å². The van der Waals surface area contributed by atoms with E-state index < -0.39 is 19.0 Å². The van der Waals surface area contributed by atoms with Crippen molar-refractivity contribution in [1.29, 1.82) is 0 Å². The molecule has 3 nitrogen and oxygen atoms in total. The Bertz CT molecular complexity index is 401. The summed E-state index contributed by atoms with van der Waals surface area (Å²) in [6, 6.07) is 0. The molecule has 1 N–H and O–H groups in total. The summed E-state index contributed by atoms with van der Waals surface area (Å²) in [6.07, 6.45) is -3.71. The number of thiazole rings is 1. The molecule has 1 atom stereocenters. The van der Waals surface area contributed by atoms with Crippen molar-refractivity contribution in [2.75, 3.05) is 19.7 Å². The zero-order valence-electron chi connectivity index (χ0n) is 11.3. The highest BCUT2D eigenvalue weighted by Crippen LogP contribution is 2.24. The quantitative estimate of drug-likeness (QED) is 0.710. The maximum absolute atomic E-state index is 12.6. The van der Waals surface area contributed by atoms with Crippen molar-refractivity contribution in [3.05, 3.63) is 16.1 Å². The van der Waals surface area contributed by atoms with E-state index in [1.54, 1.807) is 0 Å². The van der Waals surface area contributed by atoms with Gasteiger partial charge in [-0.15, -0.1) is 11.3 Å². The summed E-state index contributed by atoms with van der Waals surface area (Å²) in [5.74, 6) is -3.92. The molecule has 0 aliphatic carbocycles. The summed E-state index contributed by atoms with van der Waals surface area (Å²) >= 11 is 1.27. The average molecular weight is 314 g/mol. The molecule has 0 aromatic carbocycles. The van der Waals surface area contributed by atoms with E-state index in [-0.39, 0.29) is 12.5 Å². The lowest BCUT2D eigenvalue weighted by Gasteiger charge is -2.14. The van der Waals surface area contributed by atoms with Crippen LogP contribution in [0.2, 0.25) is 0 Å². The third-order valence-electron chi connectivity index (χ3n) is 2.61. The molecule has 1 aromatic heterocycles. The molecule has 1 unspecified atom stereocenters. The van der Waals surface area contributed by atoms with E-state index >= 15 is 0 Å². The van der Waals surface area contributed by atoms with Crippen LogP contribution in [0.15, 0.2) is 5.38 Å². The summed E-state index contributed by atoms with van der Waals surface area (Å²) in [5, 5.41) is 5.52. The van der Waals surface area contributed by atoms with E-state index in [1.807, 2.05) is 19.2 Å². The van der Waals surface area contributed by atoms with Crippen molar-refractivity contribution in [2.24, 2.45) is 0 Å². The molecule has 0 saturated carbocycles.